The number of carbonyl (C=O) groups is 2. The van der Waals surface area contributed by atoms with Crippen LogP contribution in [0.25, 0.3) is 0 Å². The third-order valence-corrected chi connectivity index (χ3v) is 4.86. The van der Waals surface area contributed by atoms with Crippen LogP contribution in [-0.4, -0.2) is 36.4 Å². The van der Waals surface area contributed by atoms with Crippen LogP contribution in [0.3, 0.4) is 0 Å². The van der Waals surface area contributed by atoms with Gasteiger partial charge in [0.15, 0.2) is 12.4 Å². The molecule has 2 aromatic rings. The van der Waals surface area contributed by atoms with Crippen molar-refractivity contribution < 1.29 is 14.3 Å². The second-order valence-corrected chi connectivity index (χ2v) is 7.29. The van der Waals surface area contributed by atoms with E-state index in [1.54, 1.807) is 35.2 Å². The normalized spacial score (nSPS) is 10.4. The molecule has 0 atom stereocenters. The Morgan fingerprint density at radius 3 is 2.30 bits per heavy atom. The molecule has 5 nitrogen and oxygen atoms in total. The first-order chi connectivity index (χ1) is 12.8. The zero-order valence-corrected chi connectivity index (χ0v) is 18.0. The monoisotopic (exact) mass is 472 g/mol. The molecular formula is C19H19BrCl2N2O3. The van der Waals surface area contributed by atoms with E-state index < -0.39 is 0 Å². The van der Waals surface area contributed by atoms with E-state index in [9.17, 15) is 9.59 Å². The number of benzene rings is 2. The van der Waals surface area contributed by atoms with Crippen LogP contribution in [-0.2, 0) is 4.79 Å². The second kappa shape index (κ2) is 9.97. The van der Waals surface area contributed by atoms with Gasteiger partial charge in [-0.1, -0.05) is 23.2 Å². The Hall–Kier alpha value is -1.76. The first kappa shape index (κ1) is 21.5. The van der Waals surface area contributed by atoms with Crippen molar-refractivity contribution in [2.45, 2.75) is 13.8 Å². The summed E-state index contributed by atoms with van der Waals surface area (Å²) in [6.07, 6.45) is 0. The van der Waals surface area contributed by atoms with Crippen LogP contribution < -0.4 is 10.1 Å². The first-order valence-corrected chi connectivity index (χ1v) is 9.87. The van der Waals surface area contributed by atoms with Crippen LogP contribution in [0.1, 0.15) is 24.2 Å². The van der Waals surface area contributed by atoms with Gasteiger partial charge in [0.05, 0.1) is 9.50 Å². The number of hydrogen-bond acceptors (Lipinski definition) is 3. The van der Waals surface area contributed by atoms with E-state index in [4.69, 9.17) is 27.9 Å². The number of hydrogen-bond donors (Lipinski definition) is 1. The van der Waals surface area contributed by atoms with Gasteiger partial charge in [-0.05, 0) is 66.2 Å². The predicted molar refractivity (Wildman–Crippen MR) is 112 cm³/mol. The summed E-state index contributed by atoms with van der Waals surface area (Å²) in [5.74, 6) is -0.0458. The molecule has 1 N–H and O–H groups in total. The van der Waals surface area contributed by atoms with E-state index >= 15 is 0 Å². The molecule has 0 radical (unpaired) electrons. The molecule has 144 valence electrons. The van der Waals surface area contributed by atoms with Crippen molar-refractivity contribution in [3.63, 3.8) is 0 Å². The Balaban J connectivity index is 1.96. The number of amides is 2. The van der Waals surface area contributed by atoms with Crippen LogP contribution in [0.5, 0.6) is 5.75 Å². The molecule has 0 aliphatic heterocycles. The van der Waals surface area contributed by atoms with Gasteiger partial charge in [-0.3, -0.25) is 9.59 Å². The van der Waals surface area contributed by atoms with E-state index in [1.165, 1.54) is 6.07 Å². The molecule has 0 bridgehead atoms. The Labute approximate surface area is 176 Å². The van der Waals surface area contributed by atoms with Crippen molar-refractivity contribution in [2.24, 2.45) is 0 Å². The first-order valence-electron chi connectivity index (χ1n) is 8.32. The summed E-state index contributed by atoms with van der Waals surface area (Å²) < 4.78 is 6.03. The summed E-state index contributed by atoms with van der Waals surface area (Å²) in [5, 5.41) is 3.48. The van der Waals surface area contributed by atoms with Crippen LogP contribution in [0.2, 0.25) is 10.0 Å². The SMILES string of the molecule is CCN(CC)C(=O)c1ccc(NC(=O)COc2c(Cl)cc(Cl)cc2Br)cc1. The minimum Gasteiger partial charge on any atom is -0.481 e. The number of anilines is 1. The summed E-state index contributed by atoms with van der Waals surface area (Å²) in [7, 11) is 0. The second-order valence-electron chi connectivity index (χ2n) is 5.59. The highest BCUT2D eigenvalue weighted by Crippen LogP contribution is 2.36. The van der Waals surface area contributed by atoms with Gasteiger partial charge in [-0.2, -0.15) is 0 Å². The maximum atomic E-state index is 12.3. The van der Waals surface area contributed by atoms with Gasteiger partial charge in [0.1, 0.15) is 0 Å². The zero-order valence-electron chi connectivity index (χ0n) is 14.9. The van der Waals surface area contributed by atoms with Gasteiger partial charge in [-0.15, -0.1) is 0 Å². The largest absolute Gasteiger partial charge is 0.481 e. The summed E-state index contributed by atoms with van der Waals surface area (Å²) in [4.78, 5) is 26.1. The Kier molecular flexibility index (Phi) is 7.95. The maximum absolute atomic E-state index is 12.3. The quantitative estimate of drug-likeness (QED) is 0.596. The fourth-order valence-electron chi connectivity index (χ4n) is 2.39. The van der Waals surface area contributed by atoms with E-state index in [-0.39, 0.29) is 18.4 Å². The highest BCUT2D eigenvalue weighted by Gasteiger charge is 2.13. The Bertz CT molecular complexity index is 801. The average Bonchev–Trinajstić information content (AvgIpc) is 2.62. The summed E-state index contributed by atoms with van der Waals surface area (Å²) in [5.41, 5.74) is 1.14. The average molecular weight is 474 g/mol. The number of carbonyl (C=O) groups excluding carboxylic acids is 2. The highest BCUT2D eigenvalue weighted by molar-refractivity contribution is 9.10. The van der Waals surface area contributed by atoms with Crippen LogP contribution in [0.4, 0.5) is 5.69 Å². The molecule has 0 unspecified atom stereocenters. The molecular weight excluding hydrogens is 455 g/mol. The van der Waals surface area contributed by atoms with E-state index in [0.29, 0.717) is 44.6 Å². The third kappa shape index (κ3) is 5.86. The van der Waals surface area contributed by atoms with E-state index in [1.807, 2.05) is 13.8 Å². The third-order valence-electron chi connectivity index (χ3n) is 3.78. The number of nitrogens with zero attached hydrogens (tertiary/aromatic N) is 1. The Morgan fingerprint density at radius 2 is 1.74 bits per heavy atom. The molecule has 8 heteroatoms. The lowest BCUT2D eigenvalue weighted by molar-refractivity contribution is -0.118. The maximum Gasteiger partial charge on any atom is 0.262 e. The topological polar surface area (TPSA) is 58.6 Å². The number of nitrogens with one attached hydrogen (secondary N) is 1. The fourth-order valence-corrected chi connectivity index (χ4v) is 3.76. The van der Waals surface area contributed by atoms with Crippen molar-refractivity contribution in [3.8, 4) is 5.75 Å². The summed E-state index contributed by atoms with van der Waals surface area (Å²) >= 11 is 15.3. The lowest BCUT2D eigenvalue weighted by Gasteiger charge is -2.18. The molecule has 0 aliphatic rings. The molecule has 0 heterocycles. The van der Waals surface area contributed by atoms with E-state index in [2.05, 4.69) is 21.2 Å². The van der Waals surface area contributed by atoms with Crippen molar-refractivity contribution in [1.82, 2.24) is 4.90 Å². The zero-order chi connectivity index (χ0) is 20.0. The minimum atomic E-state index is -0.351. The number of rotatable bonds is 7. The van der Waals surface area contributed by atoms with Crippen molar-refractivity contribution >= 4 is 56.6 Å². The van der Waals surface area contributed by atoms with Crippen molar-refractivity contribution in [2.75, 3.05) is 25.0 Å². The number of ether oxygens (including phenoxy) is 1. The molecule has 0 aromatic heterocycles. The van der Waals surface area contributed by atoms with Crippen LogP contribution in [0, 0.1) is 0 Å². The van der Waals surface area contributed by atoms with Crippen LogP contribution in [0.15, 0.2) is 40.9 Å². The summed E-state index contributed by atoms with van der Waals surface area (Å²) in [6, 6.07) is 9.90. The fraction of sp³-hybridized carbons (Fsp3) is 0.263. The van der Waals surface area contributed by atoms with Gasteiger partial charge >= 0.3 is 0 Å². The molecule has 2 aromatic carbocycles. The van der Waals surface area contributed by atoms with Crippen molar-refractivity contribution in [3.05, 3.63) is 56.5 Å². The van der Waals surface area contributed by atoms with E-state index in [0.717, 1.165) is 0 Å². The summed E-state index contributed by atoms with van der Waals surface area (Å²) in [6.45, 7) is 4.94. The van der Waals surface area contributed by atoms with Gasteiger partial charge in [-0.25, -0.2) is 0 Å². The number of halogens is 3. The molecule has 0 aliphatic carbocycles. The predicted octanol–water partition coefficient (Wildman–Crippen LogP) is 5.26. The molecule has 0 fully saturated rings. The van der Waals surface area contributed by atoms with Gasteiger partial charge in [0.25, 0.3) is 11.8 Å². The molecule has 0 spiro atoms. The van der Waals surface area contributed by atoms with Gasteiger partial charge < -0.3 is 15.0 Å². The molecule has 2 rings (SSSR count). The lowest BCUT2D eigenvalue weighted by Crippen LogP contribution is -2.30. The smallest absolute Gasteiger partial charge is 0.262 e. The van der Waals surface area contributed by atoms with Crippen molar-refractivity contribution in [1.29, 1.82) is 0 Å². The molecule has 0 saturated heterocycles. The highest BCUT2D eigenvalue weighted by atomic mass is 79.9. The van der Waals surface area contributed by atoms with Gasteiger partial charge in [0, 0.05) is 29.4 Å². The Morgan fingerprint density at radius 1 is 1.11 bits per heavy atom. The minimum absolute atomic E-state index is 0.0385. The lowest BCUT2D eigenvalue weighted by atomic mass is 10.2. The molecule has 2 amide bonds. The molecule has 0 saturated carbocycles. The molecule has 27 heavy (non-hydrogen) atoms. The standard InChI is InChI=1S/C19H19BrCl2N2O3/c1-3-24(4-2)19(26)12-5-7-14(8-6-12)23-17(25)11-27-18-15(20)9-13(21)10-16(18)22/h5-10H,3-4,11H2,1-2H3,(H,23,25). The van der Waals surface area contributed by atoms with Crippen LogP contribution >= 0.6 is 39.1 Å². The van der Waals surface area contributed by atoms with Gasteiger partial charge in [0.2, 0.25) is 0 Å².